The predicted molar refractivity (Wildman–Crippen MR) is 112 cm³/mol. The predicted octanol–water partition coefficient (Wildman–Crippen LogP) is 4.06. The van der Waals surface area contributed by atoms with Gasteiger partial charge in [-0.3, -0.25) is 4.79 Å². The molecular formula is C22H25FN2O3S. The Balaban J connectivity index is 1.86. The molecule has 0 bridgehead atoms. The minimum Gasteiger partial charge on any atom is -0.355 e. The second-order valence-corrected chi connectivity index (χ2v) is 9.04. The molecule has 154 valence electrons. The van der Waals surface area contributed by atoms with Crippen molar-refractivity contribution in [2.45, 2.75) is 43.4 Å². The number of carbonyl (C=O) groups is 1. The number of unbranched alkanes of at least 4 members (excludes halogenated alkanes) is 2. The number of rotatable bonds is 9. The van der Waals surface area contributed by atoms with Crippen LogP contribution in [0.25, 0.3) is 10.9 Å². The van der Waals surface area contributed by atoms with Crippen molar-refractivity contribution in [3.63, 3.8) is 0 Å². The first-order valence-corrected chi connectivity index (χ1v) is 11.4. The average molecular weight is 417 g/mol. The summed E-state index contributed by atoms with van der Waals surface area (Å²) < 4.78 is 41.2. The summed E-state index contributed by atoms with van der Waals surface area (Å²) in [5.41, 5.74) is 1.06. The first-order valence-electron chi connectivity index (χ1n) is 9.72. The SMILES string of the molecule is CCCCCNC(=O)Cn1cc(S(=O)(=O)Cc2cccc(F)c2)c2ccccc21. The molecule has 5 nitrogen and oxygen atoms in total. The van der Waals surface area contributed by atoms with Gasteiger partial charge in [0.05, 0.1) is 10.6 Å². The number of nitrogens with one attached hydrogen (secondary N) is 1. The van der Waals surface area contributed by atoms with Gasteiger partial charge in [-0.1, -0.05) is 50.1 Å². The van der Waals surface area contributed by atoms with Gasteiger partial charge in [0.15, 0.2) is 9.84 Å². The minimum absolute atomic E-state index is 0.0438. The summed E-state index contributed by atoms with van der Waals surface area (Å²) in [5, 5.41) is 3.43. The van der Waals surface area contributed by atoms with Crippen LogP contribution in [-0.4, -0.2) is 25.4 Å². The van der Waals surface area contributed by atoms with Crippen molar-refractivity contribution in [2.75, 3.05) is 6.54 Å². The summed E-state index contributed by atoms with van der Waals surface area (Å²) in [6.45, 7) is 2.75. The van der Waals surface area contributed by atoms with E-state index in [1.807, 2.05) is 0 Å². The van der Waals surface area contributed by atoms with Crippen molar-refractivity contribution >= 4 is 26.6 Å². The number of halogens is 1. The van der Waals surface area contributed by atoms with E-state index in [9.17, 15) is 17.6 Å². The van der Waals surface area contributed by atoms with Crippen molar-refractivity contribution in [3.05, 3.63) is 66.1 Å². The van der Waals surface area contributed by atoms with Crippen LogP contribution in [0.2, 0.25) is 0 Å². The molecule has 0 unspecified atom stereocenters. The number of aromatic nitrogens is 1. The highest BCUT2D eigenvalue weighted by atomic mass is 32.2. The lowest BCUT2D eigenvalue weighted by Crippen LogP contribution is -2.28. The Morgan fingerprint density at radius 1 is 1.10 bits per heavy atom. The molecule has 1 aromatic heterocycles. The quantitative estimate of drug-likeness (QED) is 0.535. The Morgan fingerprint density at radius 3 is 2.66 bits per heavy atom. The standard InChI is InChI=1S/C22H25FN2O3S/c1-2-3-6-12-24-22(26)15-25-14-21(19-10-4-5-11-20(19)25)29(27,28)16-17-8-7-9-18(23)13-17/h4-5,7-11,13-14H,2-3,6,12,15-16H2,1H3,(H,24,26). The normalized spacial score (nSPS) is 11.7. The molecule has 3 rings (SSSR count). The average Bonchev–Trinajstić information content (AvgIpc) is 3.04. The lowest BCUT2D eigenvalue weighted by atomic mass is 10.2. The van der Waals surface area contributed by atoms with Crippen molar-refractivity contribution in [2.24, 2.45) is 0 Å². The number of para-hydroxylation sites is 1. The molecule has 29 heavy (non-hydrogen) atoms. The van der Waals surface area contributed by atoms with E-state index in [2.05, 4.69) is 12.2 Å². The largest absolute Gasteiger partial charge is 0.355 e. The molecule has 0 saturated carbocycles. The highest BCUT2D eigenvalue weighted by Gasteiger charge is 2.22. The van der Waals surface area contributed by atoms with E-state index in [0.717, 1.165) is 19.3 Å². The molecule has 0 saturated heterocycles. The number of sulfone groups is 1. The number of hydrogen-bond acceptors (Lipinski definition) is 3. The van der Waals surface area contributed by atoms with Crippen molar-refractivity contribution in [1.29, 1.82) is 0 Å². The first-order chi connectivity index (χ1) is 13.9. The van der Waals surface area contributed by atoms with Crippen LogP contribution in [0.5, 0.6) is 0 Å². The summed E-state index contributed by atoms with van der Waals surface area (Å²) >= 11 is 0. The number of hydrogen-bond donors (Lipinski definition) is 1. The highest BCUT2D eigenvalue weighted by Crippen LogP contribution is 2.28. The van der Waals surface area contributed by atoms with Gasteiger partial charge in [-0.15, -0.1) is 0 Å². The van der Waals surface area contributed by atoms with Crippen LogP contribution in [0.1, 0.15) is 31.7 Å². The number of amides is 1. The summed E-state index contributed by atoms with van der Waals surface area (Å²) in [5.74, 6) is -0.932. The number of benzene rings is 2. The molecule has 0 aliphatic heterocycles. The van der Waals surface area contributed by atoms with Gasteiger partial charge < -0.3 is 9.88 Å². The number of carbonyl (C=O) groups excluding carboxylic acids is 1. The van der Waals surface area contributed by atoms with Gasteiger partial charge in [0.1, 0.15) is 12.4 Å². The third kappa shape index (κ3) is 5.23. The van der Waals surface area contributed by atoms with Gasteiger partial charge >= 0.3 is 0 Å². The van der Waals surface area contributed by atoms with Crippen molar-refractivity contribution in [3.8, 4) is 0 Å². The molecule has 0 aliphatic carbocycles. The van der Waals surface area contributed by atoms with Gasteiger partial charge in [-0.25, -0.2) is 12.8 Å². The molecule has 0 radical (unpaired) electrons. The summed E-state index contributed by atoms with van der Waals surface area (Å²) in [6.07, 6.45) is 4.55. The topological polar surface area (TPSA) is 68.2 Å². The molecule has 7 heteroatoms. The van der Waals surface area contributed by atoms with Crippen LogP contribution < -0.4 is 5.32 Å². The maximum Gasteiger partial charge on any atom is 0.239 e. The van der Waals surface area contributed by atoms with E-state index in [-0.39, 0.29) is 23.1 Å². The van der Waals surface area contributed by atoms with Gasteiger partial charge in [0, 0.05) is 23.6 Å². The lowest BCUT2D eigenvalue weighted by molar-refractivity contribution is -0.121. The second-order valence-electron chi connectivity index (χ2n) is 7.08. The smallest absolute Gasteiger partial charge is 0.239 e. The summed E-state index contributed by atoms with van der Waals surface area (Å²) in [7, 11) is -3.72. The molecule has 1 N–H and O–H groups in total. The Labute approximate surface area is 170 Å². The van der Waals surface area contributed by atoms with E-state index in [1.165, 1.54) is 24.4 Å². The fraction of sp³-hybridized carbons (Fsp3) is 0.318. The first kappa shape index (κ1) is 21.0. The fourth-order valence-electron chi connectivity index (χ4n) is 3.33. The van der Waals surface area contributed by atoms with E-state index >= 15 is 0 Å². The molecule has 1 amide bonds. The Kier molecular flexibility index (Phi) is 6.69. The van der Waals surface area contributed by atoms with Crippen LogP contribution >= 0.6 is 0 Å². The van der Waals surface area contributed by atoms with Crippen LogP contribution in [0.15, 0.2) is 59.6 Å². The molecule has 0 atom stereocenters. The van der Waals surface area contributed by atoms with Crippen LogP contribution in [0.3, 0.4) is 0 Å². The van der Waals surface area contributed by atoms with Crippen LogP contribution in [-0.2, 0) is 26.9 Å². The maximum atomic E-state index is 13.5. The van der Waals surface area contributed by atoms with E-state index in [1.54, 1.807) is 34.9 Å². The maximum absolute atomic E-state index is 13.5. The fourth-order valence-corrected chi connectivity index (χ4v) is 4.90. The zero-order valence-corrected chi connectivity index (χ0v) is 17.2. The third-order valence-corrected chi connectivity index (χ3v) is 6.46. The van der Waals surface area contributed by atoms with E-state index in [0.29, 0.717) is 23.0 Å². The van der Waals surface area contributed by atoms with Gasteiger partial charge in [-0.2, -0.15) is 0 Å². The van der Waals surface area contributed by atoms with Gasteiger partial charge in [-0.05, 0) is 30.2 Å². The molecule has 0 fully saturated rings. The Morgan fingerprint density at radius 2 is 1.90 bits per heavy atom. The third-order valence-electron chi connectivity index (χ3n) is 4.75. The van der Waals surface area contributed by atoms with Crippen LogP contribution in [0.4, 0.5) is 4.39 Å². The minimum atomic E-state index is -3.72. The van der Waals surface area contributed by atoms with Crippen molar-refractivity contribution < 1.29 is 17.6 Å². The van der Waals surface area contributed by atoms with E-state index in [4.69, 9.17) is 0 Å². The zero-order valence-electron chi connectivity index (χ0n) is 16.4. The van der Waals surface area contributed by atoms with Gasteiger partial charge in [0.2, 0.25) is 5.91 Å². The van der Waals surface area contributed by atoms with Crippen molar-refractivity contribution in [1.82, 2.24) is 9.88 Å². The number of nitrogens with zero attached hydrogens (tertiary/aromatic N) is 1. The second kappa shape index (κ2) is 9.22. The molecule has 2 aromatic carbocycles. The zero-order chi connectivity index (χ0) is 20.9. The van der Waals surface area contributed by atoms with E-state index < -0.39 is 15.7 Å². The number of fused-ring (bicyclic) bond motifs is 1. The molecule has 1 heterocycles. The molecular weight excluding hydrogens is 391 g/mol. The monoisotopic (exact) mass is 416 g/mol. The molecule has 0 aliphatic rings. The summed E-state index contributed by atoms with van der Waals surface area (Å²) in [6, 6.07) is 12.7. The van der Waals surface area contributed by atoms with Gasteiger partial charge in [0.25, 0.3) is 0 Å². The van der Waals surface area contributed by atoms with Crippen LogP contribution in [0, 0.1) is 5.82 Å². The molecule has 0 spiro atoms. The Bertz CT molecular complexity index is 1110. The Hall–Kier alpha value is -2.67. The lowest BCUT2D eigenvalue weighted by Gasteiger charge is -2.07. The summed E-state index contributed by atoms with van der Waals surface area (Å²) in [4.78, 5) is 12.4. The highest BCUT2D eigenvalue weighted by molar-refractivity contribution is 7.90. The molecule has 3 aromatic rings.